The van der Waals surface area contributed by atoms with Gasteiger partial charge in [-0.25, -0.2) is 0 Å². The number of rotatable bonds is 4. The fourth-order valence-electron chi connectivity index (χ4n) is 1.61. The van der Waals surface area contributed by atoms with Gasteiger partial charge in [-0.2, -0.15) is 13.2 Å². The number of halogens is 4. The molecule has 1 aromatic carbocycles. The van der Waals surface area contributed by atoms with Crippen LogP contribution in [0.15, 0.2) is 16.6 Å². The van der Waals surface area contributed by atoms with E-state index in [1.165, 1.54) is 33.4 Å². The molecular weight excluding hydrogens is 315 g/mol. The topological polar surface area (TPSA) is 30.5 Å². The van der Waals surface area contributed by atoms with E-state index in [2.05, 4.69) is 21.2 Å². The van der Waals surface area contributed by atoms with E-state index < -0.39 is 12.2 Å². The van der Waals surface area contributed by atoms with E-state index in [4.69, 9.17) is 9.47 Å². The van der Waals surface area contributed by atoms with Crippen LogP contribution in [0.3, 0.4) is 0 Å². The first-order chi connectivity index (χ1) is 8.35. The van der Waals surface area contributed by atoms with E-state index in [1.54, 1.807) is 0 Å². The van der Waals surface area contributed by atoms with Crippen molar-refractivity contribution in [2.45, 2.75) is 12.2 Å². The van der Waals surface area contributed by atoms with Crippen LogP contribution in [0.5, 0.6) is 11.5 Å². The molecule has 0 fully saturated rings. The summed E-state index contributed by atoms with van der Waals surface area (Å²) in [5.41, 5.74) is -0.0208. The van der Waals surface area contributed by atoms with Crippen LogP contribution in [0.25, 0.3) is 0 Å². The molecule has 102 valence electrons. The standard InChI is InChI=1S/C11H13BrF3NO2/c1-16-10(11(13,14)15)6-4-9(18-3)7(12)5-8(6)17-2/h4-5,10,16H,1-3H3. The molecule has 0 spiro atoms. The molecule has 0 aliphatic carbocycles. The van der Waals surface area contributed by atoms with Crippen molar-refractivity contribution in [3.05, 3.63) is 22.2 Å². The normalized spacial score (nSPS) is 13.3. The summed E-state index contributed by atoms with van der Waals surface area (Å²) in [4.78, 5) is 0. The highest BCUT2D eigenvalue weighted by molar-refractivity contribution is 9.10. The molecular formula is C11H13BrF3NO2. The molecule has 7 heteroatoms. The van der Waals surface area contributed by atoms with Crippen molar-refractivity contribution < 1.29 is 22.6 Å². The largest absolute Gasteiger partial charge is 0.496 e. The molecule has 0 saturated carbocycles. The summed E-state index contributed by atoms with van der Waals surface area (Å²) in [6.07, 6.45) is -4.42. The Balaban J connectivity index is 3.36. The van der Waals surface area contributed by atoms with Crippen LogP contribution in [0.4, 0.5) is 13.2 Å². The van der Waals surface area contributed by atoms with Crippen LogP contribution in [0.1, 0.15) is 11.6 Å². The van der Waals surface area contributed by atoms with E-state index in [1.807, 2.05) is 0 Å². The van der Waals surface area contributed by atoms with Crippen molar-refractivity contribution in [2.24, 2.45) is 0 Å². The van der Waals surface area contributed by atoms with Crippen LogP contribution in [0.2, 0.25) is 0 Å². The van der Waals surface area contributed by atoms with Gasteiger partial charge in [0.1, 0.15) is 17.5 Å². The van der Waals surface area contributed by atoms with Gasteiger partial charge in [0, 0.05) is 5.56 Å². The lowest BCUT2D eigenvalue weighted by molar-refractivity contribution is -0.156. The average Bonchev–Trinajstić information content (AvgIpc) is 2.29. The molecule has 1 rings (SSSR count). The second kappa shape index (κ2) is 5.79. The van der Waals surface area contributed by atoms with Gasteiger partial charge in [-0.15, -0.1) is 0 Å². The average molecular weight is 328 g/mol. The molecule has 1 atom stereocenters. The first-order valence-electron chi connectivity index (χ1n) is 5.00. The zero-order valence-corrected chi connectivity index (χ0v) is 11.6. The molecule has 0 saturated heterocycles. The quantitative estimate of drug-likeness (QED) is 0.920. The SMILES string of the molecule is CNC(c1cc(OC)c(Br)cc1OC)C(F)(F)F. The molecule has 0 aliphatic heterocycles. The molecule has 1 aromatic rings. The van der Waals surface area contributed by atoms with Gasteiger partial charge in [0.15, 0.2) is 0 Å². The number of hydrogen-bond donors (Lipinski definition) is 1. The Hall–Kier alpha value is -0.950. The van der Waals surface area contributed by atoms with Gasteiger partial charge in [0.25, 0.3) is 0 Å². The molecule has 0 aliphatic rings. The van der Waals surface area contributed by atoms with Gasteiger partial charge in [0.05, 0.1) is 18.7 Å². The predicted octanol–water partition coefficient (Wildman–Crippen LogP) is 3.29. The maximum atomic E-state index is 12.9. The lowest BCUT2D eigenvalue weighted by Gasteiger charge is -2.23. The van der Waals surface area contributed by atoms with E-state index in [0.29, 0.717) is 10.2 Å². The maximum absolute atomic E-state index is 12.9. The zero-order chi connectivity index (χ0) is 13.9. The maximum Gasteiger partial charge on any atom is 0.408 e. The number of nitrogens with one attached hydrogen (secondary N) is 1. The van der Waals surface area contributed by atoms with Crippen molar-refractivity contribution in [1.82, 2.24) is 5.32 Å². The van der Waals surface area contributed by atoms with Crippen molar-refractivity contribution in [3.8, 4) is 11.5 Å². The number of methoxy groups -OCH3 is 2. The molecule has 0 bridgehead atoms. The molecule has 3 nitrogen and oxygen atoms in total. The van der Waals surface area contributed by atoms with Crippen LogP contribution < -0.4 is 14.8 Å². The van der Waals surface area contributed by atoms with Crippen molar-refractivity contribution in [1.29, 1.82) is 0 Å². The second-order valence-electron chi connectivity index (χ2n) is 3.49. The highest BCUT2D eigenvalue weighted by Gasteiger charge is 2.41. The highest BCUT2D eigenvalue weighted by Crippen LogP contribution is 2.41. The lowest BCUT2D eigenvalue weighted by atomic mass is 10.0. The minimum atomic E-state index is -4.42. The third-order valence-electron chi connectivity index (χ3n) is 2.43. The number of benzene rings is 1. The van der Waals surface area contributed by atoms with Gasteiger partial charge in [-0.1, -0.05) is 0 Å². The third-order valence-corrected chi connectivity index (χ3v) is 3.05. The van der Waals surface area contributed by atoms with Crippen LogP contribution in [-0.4, -0.2) is 27.4 Å². The smallest absolute Gasteiger partial charge is 0.408 e. The van der Waals surface area contributed by atoms with Gasteiger partial charge < -0.3 is 14.8 Å². The Kier molecular flexibility index (Phi) is 4.86. The molecule has 0 heterocycles. The van der Waals surface area contributed by atoms with Crippen molar-refractivity contribution >= 4 is 15.9 Å². The first kappa shape index (κ1) is 15.1. The van der Waals surface area contributed by atoms with E-state index in [-0.39, 0.29) is 11.3 Å². The second-order valence-corrected chi connectivity index (χ2v) is 4.35. The van der Waals surface area contributed by atoms with Crippen molar-refractivity contribution in [3.63, 3.8) is 0 Å². The molecule has 0 radical (unpaired) electrons. The van der Waals surface area contributed by atoms with Gasteiger partial charge in [-0.3, -0.25) is 0 Å². The fourth-order valence-corrected chi connectivity index (χ4v) is 2.09. The Morgan fingerprint density at radius 3 is 2.11 bits per heavy atom. The van der Waals surface area contributed by atoms with E-state index in [0.717, 1.165) is 0 Å². The summed E-state index contributed by atoms with van der Waals surface area (Å²) in [5.74, 6) is 0.453. The Labute approximate surface area is 111 Å². The summed E-state index contributed by atoms with van der Waals surface area (Å²) >= 11 is 3.20. The third kappa shape index (κ3) is 3.08. The molecule has 0 amide bonds. The summed E-state index contributed by atoms with van der Waals surface area (Å²) in [7, 11) is 3.95. The minimum Gasteiger partial charge on any atom is -0.496 e. The van der Waals surface area contributed by atoms with Crippen LogP contribution in [-0.2, 0) is 0 Å². The van der Waals surface area contributed by atoms with Gasteiger partial charge >= 0.3 is 6.18 Å². The van der Waals surface area contributed by atoms with Gasteiger partial charge in [0.2, 0.25) is 0 Å². The fraction of sp³-hybridized carbons (Fsp3) is 0.455. The Morgan fingerprint density at radius 2 is 1.72 bits per heavy atom. The number of ether oxygens (including phenoxy) is 2. The van der Waals surface area contributed by atoms with E-state index in [9.17, 15) is 13.2 Å². The van der Waals surface area contributed by atoms with Crippen LogP contribution in [0, 0.1) is 0 Å². The summed E-state index contributed by atoms with van der Waals surface area (Å²) in [5, 5.41) is 2.23. The Morgan fingerprint density at radius 1 is 1.17 bits per heavy atom. The van der Waals surface area contributed by atoms with Gasteiger partial charge in [-0.05, 0) is 35.1 Å². The number of hydrogen-bond acceptors (Lipinski definition) is 3. The van der Waals surface area contributed by atoms with E-state index >= 15 is 0 Å². The first-order valence-corrected chi connectivity index (χ1v) is 5.79. The molecule has 1 N–H and O–H groups in total. The zero-order valence-electron chi connectivity index (χ0n) is 10.1. The molecule has 18 heavy (non-hydrogen) atoms. The van der Waals surface area contributed by atoms with Crippen molar-refractivity contribution in [2.75, 3.05) is 21.3 Å². The molecule has 0 aromatic heterocycles. The summed E-state index contributed by atoms with van der Waals surface area (Å²) < 4.78 is 49.2. The number of alkyl halides is 3. The minimum absolute atomic E-state index is 0.0208. The predicted molar refractivity (Wildman–Crippen MR) is 65.1 cm³/mol. The van der Waals surface area contributed by atoms with Crippen LogP contribution >= 0.6 is 15.9 Å². The monoisotopic (exact) mass is 327 g/mol. The summed E-state index contributed by atoms with van der Waals surface area (Å²) in [6, 6.07) is 0.941. The Bertz CT molecular complexity index is 423. The lowest BCUT2D eigenvalue weighted by Crippen LogP contribution is -2.32. The highest BCUT2D eigenvalue weighted by atomic mass is 79.9. The summed E-state index contributed by atoms with van der Waals surface area (Å²) in [6.45, 7) is 0. The molecule has 1 unspecified atom stereocenters.